The van der Waals surface area contributed by atoms with Crippen molar-refractivity contribution in [3.05, 3.63) is 79.9 Å². The van der Waals surface area contributed by atoms with Crippen molar-refractivity contribution in [2.24, 2.45) is 0 Å². The van der Waals surface area contributed by atoms with Crippen LogP contribution in [0.15, 0.2) is 52.1 Å². The third kappa shape index (κ3) is 5.58. The second-order valence-electron chi connectivity index (χ2n) is 5.54. The molecule has 0 saturated heterocycles. The molecule has 0 spiro atoms. The number of aromatic hydroxyl groups is 2. The van der Waals surface area contributed by atoms with Crippen LogP contribution in [0.5, 0.6) is 11.5 Å². The van der Waals surface area contributed by atoms with Crippen molar-refractivity contribution in [3.8, 4) is 11.5 Å². The van der Waals surface area contributed by atoms with Crippen molar-refractivity contribution >= 4 is 0 Å². The van der Waals surface area contributed by atoms with Gasteiger partial charge in [0.05, 0.1) is 5.56 Å². The fourth-order valence-corrected chi connectivity index (χ4v) is 1.85. The van der Waals surface area contributed by atoms with Crippen molar-refractivity contribution in [2.45, 2.75) is 25.9 Å². The van der Waals surface area contributed by atoms with E-state index in [2.05, 4.69) is 0 Å². The van der Waals surface area contributed by atoms with Crippen LogP contribution in [0.25, 0.3) is 0 Å². The molecule has 2 N–H and O–H groups in total. The highest BCUT2D eigenvalue weighted by Gasteiger charge is 2.30. The lowest BCUT2D eigenvalue weighted by molar-refractivity contribution is -0.137. The summed E-state index contributed by atoms with van der Waals surface area (Å²) in [5.41, 5.74) is -2.46. The van der Waals surface area contributed by atoms with Gasteiger partial charge in [0.2, 0.25) is 10.9 Å². The van der Waals surface area contributed by atoms with E-state index < -0.39 is 39.9 Å². The van der Waals surface area contributed by atoms with Crippen LogP contribution in [0.2, 0.25) is 0 Å². The van der Waals surface area contributed by atoms with Crippen LogP contribution in [-0.2, 0) is 6.18 Å². The molecule has 0 unspecified atom stereocenters. The number of alkyl halides is 3. The molecule has 26 heavy (non-hydrogen) atoms. The van der Waals surface area contributed by atoms with Gasteiger partial charge in [-0.15, -0.1) is 0 Å². The first kappa shape index (κ1) is 21.1. The van der Waals surface area contributed by atoms with Crippen molar-refractivity contribution in [2.75, 3.05) is 0 Å². The molecule has 0 fully saturated rings. The number of rotatable bonds is 1. The lowest BCUT2D eigenvalue weighted by atomic mass is 10.1. The first-order valence-corrected chi connectivity index (χ1v) is 7.37. The van der Waals surface area contributed by atoms with Crippen LogP contribution in [0.1, 0.15) is 30.9 Å². The molecular formula is C18H16F4O4. The molecule has 0 aromatic heterocycles. The average molecular weight is 372 g/mol. The van der Waals surface area contributed by atoms with Gasteiger partial charge < -0.3 is 10.2 Å². The maximum Gasteiger partial charge on any atom is 0.416 e. The normalized spacial score (nSPS) is 10.9. The molecule has 8 heteroatoms. The van der Waals surface area contributed by atoms with Crippen LogP contribution in [0.4, 0.5) is 17.6 Å². The Kier molecular flexibility index (Phi) is 6.88. The van der Waals surface area contributed by atoms with E-state index in [9.17, 15) is 27.2 Å². The topological polar surface area (TPSA) is 74.6 Å². The standard InChI is InChI=1S/C10H11FO2.C8H5F3O2/c1-6(2)7-4-3-5-8(12)10(13)9(7)11;9-8(10,11)5-2-1-3-6(12)7(13)4-5/h3-6H,1-2H3,(H,12,13);1-4H,(H,12,13). The molecule has 2 aromatic rings. The average Bonchev–Trinajstić information content (AvgIpc) is 2.78. The zero-order valence-corrected chi connectivity index (χ0v) is 13.8. The first-order chi connectivity index (χ1) is 11.9. The Morgan fingerprint density at radius 2 is 1.50 bits per heavy atom. The first-order valence-electron chi connectivity index (χ1n) is 7.37. The molecule has 2 aromatic carbocycles. The highest BCUT2D eigenvalue weighted by Crippen LogP contribution is 2.27. The predicted molar refractivity (Wildman–Crippen MR) is 87.8 cm³/mol. The summed E-state index contributed by atoms with van der Waals surface area (Å²) in [6, 6.07) is 7.06. The van der Waals surface area contributed by atoms with E-state index in [0.29, 0.717) is 11.6 Å². The van der Waals surface area contributed by atoms with Gasteiger partial charge in [0.1, 0.15) is 0 Å². The van der Waals surface area contributed by atoms with E-state index in [-0.39, 0.29) is 5.92 Å². The molecule has 2 rings (SSSR count). The lowest BCUT2D eigenvalue weighted by Gasteiger charge is -2.02. The smallest absolute Gasteiger partial charge is 0.416 e. The van der Waals surface area contributed by atoms with E-state index >= 15 is 0 Å². The molecule has 140 valence electrons. The van der Waals surface area contributed by atoms with Gasteiger partial charge in [0, 0.05) is 6.07 Å². The van der Waals surface area contributed by atoms with Crippen molar-refractivity contribution in [3.63, 3.8) is 0 Å². The second kappa shape index (κ2) is 8.46. The van der Waals surface area contributed by atoms with Crippen LogP contribution < -0.4 is 10.9 Å². The minimum absolute atomic E-state index is 0.0577. The number of hydrogen-bond acceptors (Lipinski definition) is 4. The Morgan fingerprint density at radius 3 is 2.04 bits per heavy atom. The van der Waals surface area contributed by atoms with Gasteiger partial charge in [-0.2, -0.15) is 13.2 Å². The predicted octanol–water partition coefficient (Wildman–Crippen LogP) is 3.79. The SMILES string of the molecule is CC(C)c1cccc(=O)c(O)c1F.O=c1cc(C(F)(F)F)cccc1O. The number of halogens is 4. The zero-order chi connectivity index (χ0) is 20.1. The molecule has 0 aliphatic rings. The molecule has 0 heterocycles. The van der Waals surface area contributed by atoms with Gasteiger partial charge >= 0.3 is 6.18 Å². The Morgan fingerprint density at radius 1 is 0.923 bits per heavy atom. The highest BCUT2D eigenvalue weighted by molar-refractivity contribution is 5.30. The van der Waals surface area contributed by atoms with E-state index in [0.717, 1.165) is 24.3 Å². The van der Waals surface area contributed by atoms with Gasteiger partial charge in [0.25, 0.3) is 0 Å². The van der Waals surface area contributed by atoms with Gasteiger partial charge in [-0.25, -0.2) is 4.39 Å². The Hall–Kier alpha value is -2.90. The molecule has 0 aliphatic carbocycles. The molecule has 0 bridgehead atoms. The number of hydrogen-bond donors (Lipinski definition) is 2. The zero-order valence-electron chi connectivity index (χ0n) is 13.8. The largest absolute Gasteiger partial charge is 0.504 e. The molecule has 0 atom stereocenters. The quantitative estimate of drug-likeness (QED) is 0.747. The monoisotopic (exact) mass is 372 g/mol. The summed E-state index contributed by atoms with van der Waals surface area (Å²) < 4.78 is 49.4. The summed E-state index contributed by atoms with van der Waals surface area (Å²) in [6.07, 6.45) is -4.56. The summed E-state index contributed by atoms with van der Waals surface area (Å²) in [5.74, 6) is -2.37. The second-order valence-corrected chi connectivity index (χ2v) is 5.54. The fraction of sp³-hybridized carbons (Fsp3) is 0.222. The van der Waals surface area contributed by atoms with E-state index in [4.69, 9.17) is 10.2 Å². The molecule has 0 aliphatic heterocycles. The van der Waals surface area contributed by atoms with Gasteiger partial charge in [-0.1, -0.05) is 32.0 Å². The summed E-state index contributed by atoms with van der Waals surface area (Å²) in [5, 5.41) is 17.9. The van der Waals surface area contributed by atoms with Crippen molar-refractivity contribution < 1.29 is 27.8 Å². The molecule has 0 radical (unpaired) electrons. The summed E-state index contributed by atoms with van der Waals surface area (Å²) >= 11 is 0. The minimum atomic E-state index is -4.56. The molecule has 0 saturated carbocycles. The van der Waals surface area contributed by atoms with Gasteiger partial charge in [-0.3, -0.25) is 9.59 Å². The van der Waals surface area contributed by atoms with Crippen LogP contribution >= 0.6 is 0 Å². The van der Waals surface area contributed by atoms with Crippen molar-refractivity contribution in [1.29, 1.82) is 0 Å². The summed E-state index contributed by atoms with van der Waals surface area (Å²) in [6.45, 7) is 3.59. The van der Waals surface area contributed by atoms with E-state index in [1.165, 1.54) is 12.1 Å². The highest BCUT2D eigenvalue weighted by atomic mass is 19.4. The molecule has 4 nitrogen and oxygen atoms in total. The van der Waals surface area contributed by atoms with Crippen LogP contribution in [0, 0.1) is 5.82 Å². The summed E-state index contributed by atoms with van der Waals surface area (Å²) in [7, 11) is 0. The maximum absolute atomic E-state index is 13.3. The van der Waals surface area contributed by atoms with Crippen LogP contribution in [-0.4, -0.2) is 10.2 Å². The Bertz CT molecular complexity index is 893. The lowest BCUT2D eigenvalue weighted by Crippen LogP contribution is -2.06. The Balaban J connectivity index is 0.000000260. The Labute approximate surface area is 146 Å². The third-order valence-electron chi connectivity index (χ3n) is 3.24. The minimum Gasteiger partial charge on any atom is -0.504 e. The maximum atomic E-state index is 13.3. The van der Waals surface area contributed by atoms with Crippen molar-refractivity contribution in [1.82, 2.24) is 0 Å². The van der Waals surface area contributed by atoms with Gasteiger partial charge in [-0.05, 0) is 29.7 Å². The fourth-order valence-electron chi connectivity index (χ4n) is 1.85. The van der Waals surface area contributed by atoms with E-state index in [1.807, 2.05) is 0 Å². The third-order valence-corrected chi connectivity index (χ3v) is 3.24. The van der Waals surface area contributed by atoms with Crippen LogP contribution in [0.3, 0.4) is 0 Å². The molecule has 0 amide bonds. The molecular weight excluding hydrogens is 356 g/mol. The van der Waals surface area contributed by atoms with E-state index in [1.54, 1.807) is 13.8 Å². The summed E-state index contributed by atoms with van der Waals surface area (Å²) in [4.78, 5) is 21.7. The van der Waals surface area contributed by atoms with Gasteiger partial charge in [0.15, 0.2) is 17.3 Å².